The Balaban J connectivity index is 0.00000320. The van der Waals surface area contributed by atoms with E-state index in [2.05, 4.69) is 60.8 Å². The van der Waals surface area contributed by atoms with Crippen molar-refractivity contribution in [2.24, 2.45) is 18.0 Å². The maximum atomic E-state index is 6.16. The second-order valence-electron chi connectivity index (χ2n) is 7.95. The summed E-state index contributed by atoms with van der Waals surface area (Å²) in [6.07, 6.45) is 2.41. The molecule has 0 amide bonds. The van der Waals surface area contributed by atoms with E-state index < -0.39 is 0 Å². The predicted molar refractivity (Wildman–Crippen MR) is 134 cm³/mol. The smallest absolute Gasteiger partial charge is 0.191 e. The molecule has 7 heteroatoms. The fourth-order valence-electron chi connectivity index (χ4n) is 3.95. The summed E-state index contributed by atoms with van der Waals surface area (Å²) in [5, 5.41) is 11.4. The molecule has 1 aliphatic heterocycles. The van der Waals surface area contributed by atoms with Crippen molar-refractivity contribution in [2.75, 3.05) is 19.7 Å². The van der Waals surface area contributed by atoms with Crippen molar-refractivity contribution >= 4 is 29.9 Å². The van der Waals surface area contributed by atoms with E-state index in [0.29, 0.717) is 12.5 Å². The average Bonchev–Trinajstić information content (AvgIpc) is 2.96. The Labute approximate surface area is 197 Å². The number of benzene rings is 1. The molecule has 2 unspecified atom stereocenters. The van der Waals surface area contributed by atoms with Gasteiger partial charge in [-0.25, -0.2) is 4.99 Å². The zero-order valence-corrected chi connectivity index (χ0v) is 21.2. The Morgan fingerprint density at radius 2 is 1.93 bits per heavy atom. The molecule has 0 bridgehead atoms. The Bertz CT molecular complexity index is 831. The number of aliphatic imine (C=N–C) groups is 1. The van der Waals surface area contributed by atoms with Gasteiger partial charge < -0.3 is 15.4 Å². The molecule has 2 N–H and O–H groups in total. The normalized spacial score (nSPS) is 19.3. The number of aryl methyl sites for hydroxylation is 3. The maximum absolute atomic E-state index is 6.16. The van der Waals surface area contributed by atoms with Crippen LogP contribution in [0.2, 0.25) is 0 Å². The third-order valence-electron chi connectivity index (χ3n) is 5.78. The molecule has 0 spiro atoms. The number of aromatic nitrogens is 2. The molecule has 166 valence electrons. The van der Waals surface area contributed by atoms with Crippen LogP contribution in [0.4, 0.5) is 0 Å². The molecule has 1 saturated heterocycles. The van der Waals surface area contributed by atoms with E-state index in [-0.39, 0.29) is 30.1 Å². The summed E-state index contributed by atoms with van der Waals surface area (Å²) in [5.41, 5.74) is 5.96. The summed E-state index contributed by atoms with van der Waals surface area (Å²) >= 11 is 0. The minimum absolute atomic E-state index is 0. The van der Waals surface area contributed by atoms with Crippen LogP contribution < -0.4 is 10.6 Å². The maximum Gasteiger partial charge on any atom is 0.191 e. The first-order valence-corrected chi connectivity index (χ1v) is 10.7. The molecule has 0 radical (unpaired) electrons. The Hall–Kier alpha value is -1.61. The van der Waals surface area contributed by atoms with Crippen molar-refractivity contribution in [3.63, 3.8) is 0 Å². The lowest BCUT2D eigenvalue weighted by atomic mass is 9.89. The summed E-state index contributed by atoms with van der Waals surface area (Å²) < 4.78 is 8.08. The first-order valence-electron chi connectivity index (χ1n) is 10.7. The van der Waals surface area contributed by atoms with E-state index in [1.165, 1.54) is 22.4 Å². The van der Waals surface area contributed by atoms with Crippen LogP contribution in [0, 0.1) is 26.7 Å². The van der Waals surface area contributed by atoms with Crippen molar-refractivity contribution in [1.29, 1.82) is 0 Å². The quantitative estimate of drug-likeness (QED) is 0.338. The molecule has 1 aliphatic rings. The highest BCUT2D eigenvalue weighted by Gasteiger charge is 2.27. The van der Waals surface area contributed by atoms with Crippen LogP contribution in [0.1, 0.15) is 53.9 Å². The van der Waals surface area contributed by atoms with E-state index in [1.807, 2.05) is 18.7 Å². The highest BCUT2D eigenvalue weighted by molar-refractivity contribution is 14.0. The number of nitrogens with one attached hydrogen (secondary N) is 2. The van der Waals surface area contributed by atoms with Gasteiger partial charge in [-0.3, -0.25) is 4.68 Å². The zero-order valence-electron chi connectivity index (χ0n) is 18.9. The lowest BCUT2D eigenvalue weighted by Gasteiger charge is -2.32. The van der Waals surface area contributed by atoms with Gasteiger partial charge in [0.1, 0.15) is 0 Å². The molecule has 1 aromatic heterocycles. The lowest BCUT2D eigenvalue weighted by molar-refractivity contribution is -0.0265. The molecule has 2 atom stereocenters. The fourth-order valence-corrected chi connectivity index (χ4v) is 3.95. The van der Waals surface area contributed by atoms with Crippen molar-refractivity contribution in [3.05, 3.63) is 52.3 Å². The lowest BCUT2D eigenvalue weighted by Crippen LogP contribution is -2.42. The van der Waals surface area contributed by atoms with Crippen molar-refractivity contribution in [1.82, 2.24) is 20.4 Å². The molecule has 1 fully saturated rings. The summed E-state index contributed by atoms with van der Waals surface area (Å²) in [7, 11) is 1.98. The van der Waals surface area contributed by atoms with Gasteiger partial charge in [0.25, 0.3) is 0 Å². The van der Waals surface area contributed by atoms with Gasteiger partial charge in [0, 0.05) is 43.9 Å². The van der Waals surface area contributed by atoms with Gasteiger partial charge in [-0.15, -0.1) is 24.0 Å². The van der Waals surface area contributed by atoms with Crippen molar-refractivity contribution in [3.8, 4) is 0 Å². The molecule has 0 aliphatic carbocycles. The Morgan fingerprint density at radius 1 is 1.20 bits per heavy atom. The first-order chi connectivity index (χ1) is 14.0. The van der Waals surface area contributed by atoms with Gasteiger partial charge in [0.15, 0.2) is 5.96 Å². The molecule has 2 aromatic rings. The monoisotopic (exact) mass is 525 g/mol. The van der Waals surface area contributed by atoms with Crippen molar-refractivity contribution in [2.45, 2.75) is 53.2 Å². The molecular formula is C23H36IN5O. The average molecular weight is 525 g/mol. The molecule has 0 saturated carbocycles. The second-order valence-corrected chi connectivity index (χ2v) is 7.95. The predicted octanol–water partition coefficient (Wildman–Crippen LogP) is 4.19. The standard InChI is InChI=1S/C23H35N5O.HI/c1-6-24-23(26-15-21-17(3)27-28(5)18(21)4)25-14-20-8-7-13-29-22(20)19-11-9-16(2)10-12-19;/h9-12,20,22H,6-8,13-15H2,1-5H3,(H2,24,25,26);1H. The highest BCUT2D eigenvalue weighted by atomic mass is 127. The molecule has 30 heavy (non-hydrogen) atoms. The number of guanidine groups is 1. The summed E-state index contributed by atoms with van der Waals surface area (Å²) in [6, 6.07) is 8.74. The Morgan fingerprint density at radius 3 is 2.57 bits per heavy atom. The van der Waals surface area contributed by atoms with Crippen LogP contribution in [-0.4, -0.2) is 35.4 Å². The van der Waals surface area contributed by atoms with Crippen LogP contribution in [0.25, 0.3) is 0 Å². The van der Waals surface area contributed by atoms with Crippen LogP contribution in [0.5, 0.6) is 0 Å². The SMILES string of the molecule is CCNC(=NCc1c(C)nn(C)c1C)NCC1CCCOC1c1ccc(C)cc1.I. The number of hydrogen-bond donors (Lipinski definition) is 2. The van der Waals surface area contributed by atoms with E-state index in [9.17, 15) is 0 Å². The third-order valence-corrected chi connectivity index (χ3v) is 5.78. The molecule has 6 nitrogen and oxygen atoms in total. The third kappa shape index (κ3) is 6.20. The van der Waals surface area contributed by atoms with Gasteiger partial charge in [-0.2, -0.15) is 5.10 Å². The number of nitrogens with zero attached hydrogens (tertiary/aromatic N) is 3. The minimum atomic E-state index is 0. The molecule has 2 heterocycles. The summed E-state index contributed by atoms with van der Waals surface area (Å²) in [5.74, 6) is 1.28. The fraction of sp³-hybridized carbons (Fsp3) is 0.565. The number of halogens is 1. The van der Waals surface area contributed by atoms with E-state index >= 15 is 0 Å². The van der Waals surface area contributed by atoms with Crippen LogP contribution in [0.15, 0.2) is 29.3 Å². The molecular weight excluding hydrogens is 489 g/mol. The zero-order chi connectivity index (χ0) is 20.8. The minimum Gasteiger partial charge on any atom is -0.373 e. The van der Waals surface area contributed by atoms with E-state index in [4.69, 9.17) is 9.73 Å². The largest absolute Gasteiger partial charge is 0.373 e. The van der Waals surface area contributed by atoms with Crippen LogP contribution in [-0.2, 0) is 18.3 Å². The van der Waals surface area contributed by atoms with E-state index in [1.54, 1.807) is 0 Å². The Kier molecular flexibility index (Phi) is 9.61. The van der Waals surface area contributed by atoms with Gasteiger partial charge in [0.05, 0.1) is 18.3 Å². The second kappa shape index (κ2) is 11.7. The molecule has 1 aromatic carbocycles. The van der Waals surface area contributed by atoms with Gasteiger partial charge in [-0.1, -0.05) is 29.8 Å². The number of ether oxygens (including phenoxy) is 1. The highest BCUT2D eigenvalue weighted by Crippen LogP contribution is 2.33. The van der Waals surface area contributed by atoms with Gasteiger partial charge in [-0.05, 0) is 46.1 Å². The van der Waals surface area contributed by atoms with Crippen molar-refractivity contribution < 1.29 is 4.74 Å². The van der Waals surface area contributed by atoms with Gasteiger partial charge >= 0.3 is 0 Å². The topological polar surface area (TPSA) is 63.5 Å². The molecule has 3 rings (SSSR count). The first kappa shape index (κ1) is 24.7. The number of rotatable bonds is 6. The van der Waals surface area contributed by atoms with Crippen LogP contribution in [0.3, 0.4) is 0 Å². The van der Waals surface area contributed by atoms with E-state index in [0.717, 1.165) is 44.2 Å². The van der Waals surface area contributed by atoms with Gasteiger partial charge in [0.2, 0.25) is 0 Å². The van der Waals surface area contributed by atoms with Crippen LogP contribution >= 0.6 is 24.0 Å². The summed E-state index contributed by atoms with van der Waals surface area (Å²) in [6.45, 7) is 11.5. The summed E-state index contributed by atoms with van der Waals surface area (Å²) in [4.78, 5) is 4.81. The number of hydrogen-bond acceptors (Lipinski definition) is 3.